The van der Waals surface area contributed by atoms with E-state index in [1.165, 1.54) is 5.56 Å². The second kappa shape index (κ2) is 5.35. The van der Waals surface area contributed by atoms with Crippen molar-refractivity contribution in [1.29, 1.82) is 0 Å². The molecule has 0 unspecified atom stereocenters. The molecule has 84 valence electrons. The van der Waals surface area contributed by atoms with Gasteiger partial charge >= 0.3 is 0 Å². The molecule has 0 radical (unpaired) electrons. The van der Waals surface area contributed by atoms with Gasteiger partial charge in [-0.05, 0) is 24.1 Å². The van der Waals surface area contributed by atoms with E-state index in [1.807, 2.05) is 19.1 Å². The number of phenolic OH excluding ortho intramolecular Hbond substituents is 1. The average Bonchev–Trinajstić information content (AvgIpc) is 2.23. The fourth-order valence-electron chi connectivity index (χ4n) is 1.78. The third kappa shape index (κ3) is 2.84. The Kier molecular flexibility index (Phi) is 4.39. The van der Waals surface area contributed by atoms with Crippen molar-refractivity contribution in [1.82, 2.24) is 10.6 Å². The van der Waals surface area contributed by atoms with Crippen LogP contribution in [-0.4, -0.2) is 24.7 Å². The molecule has 3 nitrogen and oxygen atoms in total. The normalized spacial score (nSPS) is 20.7. The minimum atomic E-state index is 0. The highest BCUT2D eigenvalue weighted by atomic mass is 35.5. The van der Waals surface area contributed by atoms with Crippen LogP contribution >= 0.6 is 12.4 Å². The fourth-order valence-corrected chi connectivity index (χ4v) is 1.78. The molecule has 4 heteroatoms. The largest absolute Gasteiger partial charge is 0.508 e. The maximum atomic E-state index is 9.41. The summed E-state index contributed by atoms with van der Waals surface area (Å²) in [6.07, 6.45) is 0. The molecule has 1 atom stereocenters. The number of hydrogen-bond donors (Lipinski definition) is 3. The lowest BCUT2D eigenvalue weighted by atomic mass is 10.0. The summed E-state index contributed by atoms with van der Waals surface area (Å²) in [6.45, 7) is 4.93. The van der Waals surface area contributed by atoms with Crippen molar-refractivity contribution >= 4 is 12.4 Å². The van der Waals surface area contributed by atoms with Gasteiger partial charge in [-0.25, -0.2) is 0 Å². The molecular formula is C11H17ClN2O. The Labute approximate surface area is 96.3 Å². The van der Waals surface area contributed by atoms with Gasteiger partial charge in [0.25, 0.3) is 0 Å². The molecule has 2 rings (SSSR count). The Morgan fingerprint density at radius 2 is 2.13 bits per heavy atom. The first kappa shape index (κ1) is 12.3. The van der Waals surface area contributed by atoms with Crippen LogP contribution in [0.15, 0.2) is 18.2 Å². The van der Waals surface area contributed by atoms with E-state index < -0.39 is 0 Å². The quantitative estimate of drug-likeness (QED) is 0.680. The highest BCUT2D eigenvalue weighted by Gasteiger charge is 2.14. The number of halogens is 1. The van der Waals surface area contributed by atoms with Crippen molar-refractivity contribution in [3.63, 3.8) is 0 Å². The average molecular weight is 229 g/mol. The van der Waals surface area contributed by atoms with E-state index in [0.717, 1.165) is 25.2 Å². The lowest BCUT2D eigenvalue weighted by Crippen LogP contribution is -2.42. The topological polar surface area (TPSA) is 44.3 Å². The second-order valence-electron chi connectivity index (χ2n) is 3.76. The molecular weight excluding hydrogens is 212 g/mol. The van der Waals surface area contributed by atoms with Gasteiger partial charge in [-0.2, -0.15) is 0 Å². The molecule has 1 aromatic rings. The SMILES string of the molecule is Cc1cc([C@@H]2CNCCN2)ccc1O.Cl. The number of nitrogens with one attached hydrogen (secondary N) is 2. The molecule has 1 heterocycles. The molecule has 15 heavy (non-hydrogen) atoms. The van der Waals surface area contributed by atoms with Crippen molar-refractivity contribution in [2.45, 2.75) is 13.0 Å². The van der Waals surface area contributed by atoms with Gasteiger partial charge in [0.1, 0.15) is 5.75 Å². The van der Waals surface area contributed by atoms with Crippen molar-refractivity contribution in [2.75, 3.05) is 19.6 Å². The Balaban J connectivity index is 0.00000112. The Hall–Kier alpha value is -0.770. The fraction of sp³-hybridized carbons (Fsp3) is 0.455. The first-order valence-corrected chi connectivity index (χ1v) is 5.01. The Bertz CT molecular complexity index is 324. The summed E-state index contributed by atoms with van der Waals surface area (Å²) >= 11 is 0. The first-order chi connectivity index (χ1) is 6.77. The predicted molar refractivity (Wildman–Crippen MR) is 63.7 cm³/mol. The van der Waals surface area contributed by atoms with Gasteiger partial charge in [-0.3, -0.25) is 0 Å². The lowest BCUT2D eigenvalue weighted by Gasteiger charge is -2.25. The molecule has 0 aliphatic carbocycles. The van der Waals surface area contributed by atoms with Crippen LogP contribution in [0.3, 0.4) is 0 Å². The maximum absolute atomic E-state index is 9.41. The number of aryl methyl sites for hydroxylation is 1. The van der Waals surface area contributed by atoms with E-state index in [9.17, 15) is 5.11 Å². The predicted octanol–water partition coefficient (Wildman–Crippen LogP) is 1.36. The zero-order valence-electron chi connectivity index (χ0n) is 8.79. The summed E-state index contributed by atoms with van der Waals surface area (Å²) in [5.41, 5.74) is 2.18. The molecule has 0 bridgehead atoms. The van der Waals surface area contributed by atoms with Crippen LogP contribution in [0.5, 0.6) is 5.75 Å². The van der Waals surface area contributed by atoms with Crippen LogP contribution < -0.4 is 10.6 Å². The van der Waals surface area contributed by atoms with Gasteiger partial charge in [0, 0.05) is 25.7 Å². The van der Waals surface area contributed by atoms with Crippen LogP contribution in [0, 0.1) is 6.92 Å². The standard InChI is InChI=1S/C11H16N2O.ClH/c1-8-6-9(2-3-11(8)14)10-7-12-4-5-13-10;/h2-3,6,10,12-14H,4-5,7H2,1H3;1H/t10-;/m0./s1. The summed E-state index contributed by atoms with van der Waals surface area (Å²) in [7, 11) is 0. The minimum absolute atomic E-state index is 0. The van der Waals surface area contributed by atoms with E-state index in [2.05, 4.69) is 10.6 Å². The molecule has 0 saturated carbocycles. The van der Waals surface area contributed by atoms with E-state index >= 15 is 0 Å². The Morgan fingerprint density at radius 1 is 1.33 bits per heavy atom. The molecule has 1 saturated heterocycles. The summed E-state index contributed by atoms with van der Waals surface area (Å²) in [4.78, 5) is 0. The smallest absolute Gasteiger partial charge is 0.118 e. The summed E-state index contributed by atoms with van der Waals surface area (Å²) in [5, 5.41) is 16.2. The molecule has 1 aliphatic rings. The zero-order valence-corrected chi connectivity index (χ0v) is 9.60. The van der Waals surface area contributed by atoms with Crippen LogP contribution in [0.1, 0.15) is 17.2 Å². The molecule has 0 spiro atoms. The molecule has 0 aromatic heterocycles. The molecule has 1 fully saturated rings. The van der Waals surface area contributed by atoms with E-state index in [1.54, 1.807) is 6.07 Å². The van der Waals surface area contributed by atoms with Gasteiger partial charge in [-0.15, -0.1) is 12.4 Å². The zero-order chi connectivity index (χ0) is 9.97. The molecule has 0 amide bonds. The van der Waals surface area contributed by atoms with Crippen LogP contribution in [0.2, 0.25) is 0 Å². The first-order valence-electron chi connectivity index (χ1n) is 5.01. The number of phenols is 1. The van der Waals surface area contributed by atoms with Gasteiger partial charge in [-0.1, -0.05) is 12.1 Å². The van der Waals surface area contributed by atoms with Crippen LogP contribution in [0.4, 0.5) is 0 Å². The monoisotopic (exact) mass is 228 g/mol. The molecule has 1 aromatic carbocycles. The lowest BCUT2D eigenvalue weighted by molar-refractivity contribution is 0.428. The van der Waals surface area contributed by atoms with Crippen molar-refractivity contribution in [2.24, 2.45) is 0 Å². The third-order valence-corrected chi connectivity index (χ3v) is 2.66. The van der Waals surface area contributed by atoms with Gasteiger partial charge < -0.3 is 15.7 Å². The van der Waals surface area contributed by atoms with Gasteiger partial charge in [0.15, 0.2) is 0 Å². The van der Waals surface area contributed by atoms with Crippen molar-refractivity contribution in [3.8, 4) is 5.75 Å². The summed E-state index contributed by atoms with van der Waals surface area (Å²) < 4.78 is 0. The van der Waals surface area contributed by atoms with Gasteiger partial charge in [0.05, 0.1) is 0 Å². The van der Waals surface area contributed by atoms with Crippen LogP contribution in [-0.2, 0) is 0 Å². The van der Waals surface area contributed by atoms with Crippen molar-refractivity contribution in [3.05, 3.63) is 29.3 Å². The summed E-state index contributed by atoms with van der Waals surface area (Å²) in [6, 6.07) is 6.16. The van der Waals surface area contributed by atoms with Crippen LogP contribution in [0.25, 0.3) is 0 Å². The molecule has 1 aliphatic heterocycles. The summed E-state index contributed by atoms with van der Waals surface area (Å²) in [5.74, 6) is 0.373. The number of hydrogen-bond acceptors (Lipinski definition) is 3. The minimum Gasteiger partial charge on any atom is -0.508 e. The number of aromatic hydroxyl groups is 1. The van der Waals surface area contributed by atoms with E-state index in [-0.39, 0.29) is 12.4 Å². The number of piperazine rings is 1. The van der Waals surface area contributed by atoms with E-state index in [0.29, 0.717) is 11.8 Å². The van der Waals surface area contributed by atoms with Crippen molar-refractivity contribution < 1.29 is 5.11 Å². The van der Waals surface area contributed by atoms with E-state index in [4.69, 9.17) is 0 Å². The Morgan fingerprint density at radius 3 is 2.73 bits per heavy atom. The number of benzene rings is 1. The molecule has 3 N–H and O–H groups in total. The third-order valence-electron chi connectivity index (χ3n) is 2.66. The highest BCUT2D eigenvalue weighted by molar-refractivity contribution is 5.85. The second-order valence-corrected chi connectivity index (χ2v) is 3.76. The maximum Gasteiger partial charge on any atom is 0.118 e. The highest BCUT2D eigenvalue weighted by Crippen LogP contribution is 2.21. The number of rotatable bonds is 1. The van der Waals surface area contributed by atoms with Gasteiger partial charge in [0.2, 0.25) is 0 Å².